The number of amides is 2. The Morgan fingerprint density at radius 3 is 2.63 bits per heavy atom. The van der Waals surface area contributed by atoms with E-state index in [2.05, 4.69) is 20.0 Å². The molecule has 0 saturated carbocycles. The highest BCUT2D eigenvalue weighted by atomic mass is 19.1. The third-order valence-electron chi connectivity index (χ3n) is 7.31. The summed E-state index contributed by atoms with van der Waals surface area (Å²) < 4.78 is 21.8. The van der Waals surface area contributed by atoms with Crippen molar-refractivity contribution in [1.82, 2.24) is 24.5 Å². The molecule has 3 aromatic heterocycles. The highest BCUT2D eigenvalue weighted by Crippen LogP contribution is 2.38. The summed E-state index contributed by atoms with van der Waals surface area (Å²) in [4.78, 5) is 37.3. The lowest BCUT2D eigenvalue weighted by atomic mass is 9.84. The molecule has 0 radical (unpaired) electrons. The molecule has 0 unspecified atom stereocenters. The average Bonchev–Trinajstić information content (AvgIpc) is 3.11. The number of nitrogen functional groups attached to an aromatic ring is 1. The van der Waals surface area contributed by atoms with E-state index in [9.17, 15) is 9.59 Å². The summed E-state index contributed by atoms with van der Waals surface area (Å²) in [6.07, 6.45) is 6.72. The Bertz CT molecular complexity index is 1340. The standard InChI is InChI=1S/C23H25FN8O3/c24-15-10-32-21(17(20(26)33)19(25)29-32)28-18(15)14-9-27-5-1-16(14)30-6-2-13(3-7-30)22(34)31-11-23(12-31)4-8-35-23/h1,5,9-10,13H,2-4,6-8,11-12H2,(H2,25,29)(H2,26,33). The number of nitrogens with two attached hydrogens (primary N) is 2. The van der Waals surface area contributed by atoms with Gasteiger partial charge in [0.2, 0.25) is 5.91 Å². The number of nitrogens with zero attached hydrogens (tertiary/aromatic N) is 6. The van der Waals surface area contributed by atoms with E-state index in [4.69, 9.17) is 16.2 Å². The van der Waals surface area contributed by atoms with Crippen LogP contribution in [-0.2, 0) is 9.53 Å². The molecule has 4 N–H and O–H groups in total. The number of primary amides is 1. The maximum Gasteiger partial charge on any atom is 0.256 e. The molecular weight excluding hydrogens is 455 g/mol. The summed E-state index contributed by atoms with van der Waals surface area (Å²) >= 11 is 0. The fraction of sp³-hybridized carbons (Fsp3) is 0.435. The van der Waals surface area contributed by atoms with E-state index >= 15 is 4.39 Å². The lowest BCUT2D eigenvalue weighted by Crippen LogP contribution is -2.70. The van der Waals surface area contributed by atoms with Gasteiger partial charge in [-0.15, -0.1) is 5.10 Å². The second-order valence-electron chi connectivity index (χ2n) is 9.46. The van der Waals surface area contributed by atoms with Gasteiger partial charge in [-0.2, -0.15) is 0 Å². The van der Waals surface area contributed by atoms with E-state index in [0.717, 1.165) is 29.4 Å². The van der Waals surface area contributed by atoms with Crippen LogP contribution in [0.15, 0.2) is 24.7 Å². The first-order valence-corrected chi connectivity index (χ1v) is 11.6. The van der Waals surface area contributed by atoms with Gasteiger partial charge in [0, 0.05) is 49.1 Å². The molecule has 6 rings (SSSR count). The highest BCUT2D eigenvalue weighted by molar-refractivity contribution is 6.03. The average molecular weight is 481 g/mol. The predicted octanol–water partition coefficient (Wildman–Crippen LogP) is 0.829. The van der Waals surface area contributed by atoms with Crippen LogP contribution in [0.2, 0.25) is 0 Å². The molecule has 11 nitrogen and oxygen atoms in total. The summed E-state index contributed by atoms with van der Waals surface area (Å²) in [6, 6.07) is 1.80. The molecule has 2 amide bonds. The van der Waals surface area contributed by atoms with Gasteiger partial charge < -0.3 is 26.0 Å². The van der Waals surface area contributed by atoms with Gasteiger partial charge in [-0.05, 0) is 18.9 Å². The molecule has 0 atom stereocenters. The fourth-order valence-corrected chi connectivity index (χ4v) is 5.31. The van der Waals surface area contributed by atoms with Gasteiger partial charge in [0.05, 0.1) is 25.9 Å². The molecule has 0 aromatic carbocycles. The Labute approximate surface area is 199 Å². The van der Waals surface area contributed by atoms with Crippen molar-refractivity contribution < 1.29 is 18.7 Å². The maximum absolute atomic E-state index is 15.1. The number of carbonyl (C=O) groups excluding carboxylic acids is 2. The molecule has 3 fully saturated rings. The molecule has 12 heteroatoms. The lowest BCUT2D eigenvalue weighted by molar-refractivity contribution is -0.223. The number of pyridine rings is 1. The van der Waals surface area contributed by atoms with E-state index in [1.165, 1.54) is 6.20 Å². The number of likely N-dealkylation sites (tertiary alicyclic amines) is 1. The summed E-state index contributed by atoms with van der Waals surface area (Å²) in [6.45, 7) is 3.45. The smallest absolute Gasteiger partial charge is 0.256 e. The molecule has 3 aliphatic heterocycles. The number of hydrogen-bond donors (Lipinski definition) is 2. The molecule has 6 heterocycles. The minimum absolute atomic E-state index is 0.0209. The predicted molar refractivity (Wildman–Crippen MR) is 124 cm³/mol. The van der Waals surface area contributed by atoms with Gasteiger partial charge in [-0.25, -0.2) is 13.9 Å². The molecule has 3 aliphatic rings. The van der Waals surface area contributed by atoms with Crippen molar-refractivity contribution in [2.75, 3.05) is 43.4 Å². The Morgan fingerprint density at radius 1 is 1.23 bits per heavy atom. The van der Waals surface area contributed by atoms with Gasteiger partial charge >= 0.3 is 0 Å². The Morgan fingerprint density at radius 2 is 1.97 bits per heavy atom. The fourth-order valence-electron chi connectivity index (χ4n) is 5.31. The number of ether oxygens (including phenoxy) is 1. The van der Waals surface area contributed by atoms with Crippen molar-refractivity contribution in [3.05, 3.63) is 36.0 Å². The number of rotatable bonds is 4. The van der Waals surface area contributed by atoms with Crippen LogP contribution in [0.4, 0.5) is 15.9 Å². The van der Waals surface area contributed by atoms with Crippen LogP contribution in [0.25, 0.3) is 16.9 Å². The van der Waals surface area contributed by atoms with E-state index in [-0.39, 0.29) is 40.1 Å². The van der Waals surface area contributed by atoms with Crippen molar-refractivity contribution in [1.29, 1.82) is 0 Å². The van der Waals surface area contributed by atoms with Crippen LogP contribution in [0.1, 0.15) is 29.6 Å². The molecule has 0 aliphatic carbocycles. The third kappa shape index (κ3) is 3.47. The molecule has 3 aromatic rings. The number of anilines is 2. The van der Waals surface area contributed by atoms with Crippen molar-refractivity contribution in [2.45, 2.75) is 24.9 Å². The SMILES string of the molecule is NC(=O)c1c(N)nn2cc(F)c(-c3cnccc3N3CCC(C(=O)N4CC5(CCO5)C4)CC3)nc12. The van der Waals surface area contributed by atoms with Crippen molar-refractivity contribution in [3.8, 4) is 11.3 Å². The maximum atomic E-state index is 15.1. The number of aromatic nitrogens is 4. The van der Waals surface area contributed by atoms with Gasteiger partial charge in [0.1, 0.15) is 16.9 Å². The van der Waals surface area contributed by atoms with E-state index in [1.807, 2.05) is 4.90 Å². The lowest BCUT2D eigenvalue weighted by Gasteiger charge is -2.55. The first-order chi connectivity index (χ1) is 16.8. The van der Waals surface area contributed by atoms with Gasteiger partial charge in [0.25, 0.3) is 5.91 Å². The van der Waals surface area contributed by atoms with E-state index in [0.29, 0.717) is 44.6 Å². The van der Waals surface area contributed by atoms with Gasteiger partial charge in [-0.3, -0.25) is 14.6 Å². The monoisotopic (exact) mass is 480 g/mol. The summed E-state index contributed by atoms with van der Waals surface area (Å²) in [5, 5.41) is 3.93. The number of hydrogen-bond acceptors (Lipinski definition) is 8. The molecule has 0 bridgehead atoms. The molecule has 3 saturated heterocycles. The second-order valence-corrected chi connectivity index (χ2v) is 9.46. The topological polar surface area (TPSA) is 145 Å². The van der Waals surface area contributed by atoms with E-state index in [1.54, 1.807) is 12.3 Å². The zero-order valence-corrected chi connectivity index (χ0v) is 19.0. The quantitative estimate of drug-likeness (QED) is 0.559. The first-order valence-electron chi connectivity index (χ1n) is 11.6. The minimum Gasteiger partial charge on any atom is -0.381 e. The molecule has 1 spiro atoms. The van der Waals surface area contributed by atoms with Gasteiger partial charge in [-0.1, -0.05) is 0 Å². The van der Waals surface area contributed by atoms with Crippen LogP contribution < -0.4 is 16.4 Å². The van der Waals surface area contributed by atoms with Crippen molar-refractivity contribution >= 4 is 29.0 Å². The van der Waals surface area contributed by atoms with E-state index < -0.39 is 11.7 Å². The summed E-state index contributed by atoms with van der Waals surface area (Å²) in [5.41, 5.74) is 12.4. The molecular formula is C23H25FN8O3. The zero-order valence-electron chi connectivity index (χ0n) is 19.0. The largest absolute Gasteiger partial charge is 0.381 e. The second kappa shape index (κ2) is 7.87. The first kappa shape index (κ1) is 21.7. The number of halogens is 1. The number of carbonyl (C=O) groups is 2. The Kier molecular flexibility index (Phi) is 4.88. The van der Waals surface area contributed by atoms with Crippen LogP contribution in [0, 0.1) is 11.7 Å². The number of piperidine rings is 1. The molecule has 182 valence electrons. The van der Waals surface area contributed by atoms with Crippen LogP contribution in [-0.4, -0.2) is 74.7 Å². The zero-order chi connectivity index (χ0) is 24.3. The Hall–Kier alpha value is -3.80. The third-order valence-corrected chi connectivity index (χ3v) is 7.31. The van der Waals surface area contributed by atoms with Crippen molar-refractivity contribution in [2.24, 2.45) is 11.7 Å². The van der Waals surface area contributed by atoms with Gasteiger partial charge in [0.15, 0.2) is 17.3 Å². The summed E-state index contributed by atoms with van der Waals surface area (Å²) in [5.74, 6) is -1.39. The van der Waals surface area contributed by atoms with Crippen LogP contribution >= 0.6 is 0 Å². The molecule has 35 heavy (non-hydrogen) atoms. The highest BCUT2D eigenvalue weighted by Gasteiger charge is 2.51. The van der Waals surface area contributed by atoms with Crippen LogP contribution in [0.5, 0.6) is 0 Å². The normalized spacial score (nSPS) is 19.6. The number of fused-ring (bicyclic) bond motifs is 1. The van der Waals surface area contributed by atoms with Crippen LogP contribution in [0.3, 0.4) is 0 Å². The summed E-state index contributed by atoms with van der Waals surface area (Å²) in [7, 11) is 0. The van der Waals surface area contributed by atoms with Crippen molar-refractivity contribution in [3.63, 3.8) is 0 Å². The Balaban J connectivity index is 1.24. The minimum atomic E-state index is -0.794.